The fraction of sp³-hybridized carbons (Fsp3) is 0.161. The summed E-state index contributed by atoms with van der Waals surface area (Å²) < 4.78 is 6.84. The van der Waals surface area contributed by atoms with Crippen LogP contribution < -0.4 is 9.80 Å². The van der Waals surface area contributed by atoms with Crippen LogP contribution in [0.1, 0.15) is 72.6 Å². The van der Waals surface area contributed by atoms with Gasteiger partial charge in [-0.1, -0.05) is 140 Å². The van der Waals surface area contributed by atoms with Crippen LogP contribution in [0, 0.1) is 13.8 Å². The van der Waals surface area contributed by atoms with Crippen molar-refractivity contribution in [2.45, 2.75) is 64.2 Å². The number of hydrogen-bond acceptors (Lipinski definition) is 3. The normalized spacial score (nSPS) is 14.4. The van der Waals surface area contributed by atoms with Gasteiger partial charge in [-0.2, -0.15) is 0 Å². The molecule has 0 radical (unpaired) electrons. The Labute approximate surface area is 380 Å². The molecule has 11 aromatic rings. The number of benzene rings is 10. The molecule has 1 heterocycles. The van der Waals surface area contributed by atoms with E-state index in [1.165, 1.54) is 121 Å². The first-order valence-corrected chi connectivity index (χ1v) is 23.7. The van der Waals surface area contributed by atoms with Gasteiger partial charge in [0.05, 0.1) is 17.1 Å². The molecule has 13 rings (SSSR count). The van der Waals surface area contributed by atoms with Crippen molar-refractivity contribution in [2.24, 2.45) is 0 Å². The molecular formula is C62H50N2O. The van der Waals surface area contributed by atoms with Gasteiger partial charge in [0.25, 0.3) is 0 Å². The lowest BCUT2D eigenvalue weighted by Crippen LogP contribution is -2.16. The van der Waals surface area contributed by atoms with E-state index in [0.29, 0.717) is 11.8 Å². The number of rotatable bonds is 9. The van der Waals surface area contributed by atoms with E-state index in [2.05, 4.69) is 206 Å². The van der Waals surface area contributed by atoms with Crippen LogP contribution in [0.5, 0.6) is 0 Å². The van der Waals surface area contributed by atoms with Crippen molar-refractivity contribution in [1.82, 2.24) is 0 Å². The van der Waals surface area contributed by atoms with Crippen molar-refractivity contribution in [3.05, 3.63) is 204 Å². The Morgan fingerprint density at radius 3 is 1.49 bits per heavy atom. The summed E-state index contributed by atoms with van der Waals surface area (Å²) in [5.74, 6) is 1.03. The summed E-state index contributed by atoms with van der Waals surface area (Å²) in [6, 6.07) is 67.8. The molecule has 0 atom stereocenters. The van der Waals surface area contributed by atoms with E-state index >= 15 is 0 Å². The number of hydrogen-bond donors (Lipinski definition) is 0. The topological polar surface area (TPSA) is 19.6 Å². The highest BCUT2D eigenvalue weighted by atomic mass is 16.3. The zero-order valence-corrected chi connectivity index (χ0v) is 37.0. The maximum absolute atomic E-state index is 6.84. The fourth-order valence-corrected chi connectivity index (χ4v) is 11.4. The van der Waals surface area contributed by atoms with E-state index in [1.54, 1.807) is 0 Å². The third-order valence-electron chi connectivity index (χ3n) is 15.1. The van der Waals surface area contributed by atoms with Gasteiger partial charge in [0, 0.05) is 38.6 Å². The molecule has 314 valence electrons. The molecule has 2 aliphatic carbocycles. The Balaban J connectivity index is 1.14. The molecule has 3 nitrogen and oxygen atoms in total. The van der Waals surface area contributed by atoms with E-state index in [-0.39, 0.29) is 0 Å². The second-order valence-electron chi connectivity index (χ2n) is 18.7. The maximum Gasteiger partial charge on any atom is 0.159 e. The standard InChI is InChI=1S/C62H50N2O/c1-39-17-9-10-26-45(39)46-28-15-30-55(40(46)2)63(43-22-5-3-6-23-43)57-37-53(41-18-13-19-41)48-34-36-52-58(38-54(42-20-14-21-42)49-33-35-51(57)60(48)61(49)52)64(44-24-7-4-8-25-44)56-31-16-29-50-47-27-11-12-32-59(47)65-62(50)56/h3-12,15-17,22-38,41-42H,13-14,18-21H2,1-2H3. The van der Waals surface area contributed by atoms with Crippen LogP contribution in [0.25, 0.3) is 65.4 Å². The Hall–Kier alpha value is -7.36. The number of furan rings is 1. The van der Waals surface area contributed by atoms with Gasteiger partial charge >= 0.3 is 0 Å². The molecule has 2 aliphatic rings. The second kappa shape index (κ2) is 15.1. The highest BCUT2D eigenvalue weighted by molar-refractivity contribution is 6.30. The first-order valence-electron chi connectivity index (χ1n) is 23.7. The maximum atomic E-state index is 6.84. The lowest BCUT2D eigenvalue weighted by molar-refractivity contribution is 0.422. The SMILES string of the molecule is Cc1ccccc1-c1cccc(N(c2ccccc2)c2cc(C3CCC3)c3ccc4c(N(c5ccccc5)c5cccc6c5oc5ccccc56)cc(C5CCC5)c5ccc2c3c54)c1C. The van der Waals surface area contributed by atoms with Crippen molar-refractivity contribution < 1.29 is 4.42 Å². The van der Waals surface area contributed by atoms with E-state index < -0.39 is 0 Å². The average molecular weight is 839 g/mol. The molecule has 3 heteroatoms. The van der Waals surface area contributed by atoms with E-state index in [4.69, 9.17) is 4.42 Å². The first kappa shape index (κ1) is 38.1. The summed E-state index contributed by atoms with van der Waals surface area (Å²) in [6.45, 7) is 4.54. The molecule has 10 aromatic carbocycles. The fourth-order valence-electron chi connectivity index (χ4n) is 11.4. The monoisotopic (exact) mass is 838 g/mol. The molecule has 0 amide bonds. The van der Waals surface area contributed by atoms with Crippen molar-refractivity contribution in [2.75, 3.05) is 9.80 Å². The summed E-state index contributed by atoms with van der Waals surface area (Å²) in [5.41, 5.74) is 16.8. The highest BCUT2D eigenvalue weighted by Gasteiger charge is 2.32. The summed E-state index contributed by atoms with van der Waals surface area (Å²) >= 11 is 0. The van der Waals surface area contributed by atoms with Crippen LogP contribution >= 0.6 is 0 Å². The van der Waals surface area contributed by atoms with Crippen LogP contribution in [0.15, 0.2) is 186 Å². The van der Waals surface area contributed by atoms with Crippen LogP contribution in [0.2, 0.25) is 0 Å². The average Bonchev–Trinajstić information content (AvgIpc) is 3.70. The smallest absolute Gasteiger partial charge is 0.159 e. The molecule has 1 aromatic heterocycles. The molecule has 0 N–H and O–H groups in total. The van der Waals surface area contributed by atoms with Crippen molar-refractivity contribution in [3.63, 3.8) is 0 Å². The third-order valence-corrected chi connectivity index (χ3v) is 15.1. The largest absolute Gasteiger partial charge is 0.454 e. The van der Waals surface area contributed by atoms with Crippen molar-refractivity contribution in [1.29, 1.82) is 0 Å². The second-order valence-corrected chi connectivity index (χ2v) is 18.7. The van der Waals surface area contributed by atoms with Gasteiger partial charge in [0.1, 0.15) is 5.58 Å². The predicted octanol–water partition coefficient (Wildman–Crippen LogP) is 18.2. The highest BCUT2D eigenvalue weighted by Crippen LogP contribution is 2.55. The Bertz CT molecular complexity index is 3600. The van der Waals surface area contributed by atoms with Crippen LogP contribution in [-0.4, -0.2) is 0 Å². The molecule has 65 heavy (non-hydrogen) atoms. The lowest BCUT2D eigenvalue weighted by Gasteiger charge is -2.35. The molecule has 0 saturated heterocycles. The Morgan fingerprint density at radius 2 is 0.892 bits per heavy atom. The van der Waals surface area contributed by atoms with Crippen LogP contribution in [0.3, 0.4) is 0 Å². The quantitative estimate of drug-likeness (QED) is 0.135. The van der Waals surface area contributed by atoms with Gasteiger partial charge in [0.2, 0.25) is 0 Å². The number of nitrogens with zero attached hydrogens (tertiary/aromatic N) is 2. The summed E-state index contributed by atoms with van der Waals surface area (Å²) in [7, 11) is 0. The third kappa shape index (κ3) is 5.95. The minimum Gasteiger partial charge on any atom is -0.454 e. The Kier molecular flexibility index (Phi) is 8.88. The number of fused-ring (bicyclic) bond motifs is 3. The van der Waals surface area contributed by atoms with Gasteiger partial charge in [-0.05, 0) is 161 Å². The molecular weight excluding hydrogens is 789 g/mol. The molecule has 0 unspecified atom stereocenters. The number of anilines is 6. The zero-order chi connectivity index (χ0) is 43.2. The van der Waals surface area contributed by atoms with E-state index in [0.717, 1.165) is 39.0 Å². The van der Waals surface area contributed by atoms with Crippen LogP contribution in [-0.2, 0) is 0 Å². The van der Waals surface area contributed by atoms with Crippen LogP contribution in [0.4, 0.5) is 34.1 Å². The molecule has 2 fully saturated rings. The van der Waals surface area contributed by atoms with Gasteiger partial charge < -0.3 is 14.2 Å². The van der Waals surface area contributed by atoms with Gasteiger partial charge in [-0.25, -0.2) is 0 Å². The van der Waals surface area contributed by atoms with Crippen molar-refractivity contribution in [3.8, 4) is 11.1 Å². The van der Waals surface area contributed by atoms with Gasteiger partial charge in [-0.3, -0.25) is 0 Å². The minimum absolute atomic E-state index is 0.510. The molecule has 0 aliphatic heterocycles. The van der Waals surface area contributed by atoms with Gasteiger partial charge in [0.15, 0.2) is 5.58 Å². The minimum atomic E-state index is 0.510. The predicted molar refractivity (Wildman–Crippen MR) is 275 cm³/mol. The number of aryl methyl sites for hydroxylation is 1. The summed E-state index contributed by atoms with van der Waals surface area (Å²) in [6.07, 6.45) is 7.41. The Morgan fingerprint density at radius 1 is 0.400 bits per heavy atom. The van der Waals surface area contributed by atoms with Crippen molar-refractivity contribution >= 4 is 88.4 Å². The van der Waals surface area contributed by atoms with E-state index in [1.807, 2.05) is 0 Å². The molecule has 0 spiro atoms. The van der Waals surface area contributed by atoms with Gasteiger partial charge in [-0.15, -0.1) is 0 Å². The zero-order valence-electron chi connectivity index (χ0n) is 37.0. The summed E-state index contributed by atoms with van der Waals surface area (Å²) in [4.78, 5) is 5.06. The number of para-hydroxylation sites is 4. The first-order chi connectivity index (χ1) is 32.1. The molecule has 0 bridgehead atoms. The lowest BCUT2D eigenvalue weighted by atomic mass is 9.74. The van der Waals surface area contributed by atoms with E-state index in [9.17, 15) is 0 Å². The molecule has 2 saturated carbocycles. The summed E-state index contributed by atoms with van der Waals surface area (Å²) in [5, 5.41) is 10.4.